The van der Waals surface area contributed by atoms with Crippen molar-refractivity contribution in [3.8, 4) is 0 Å². The van der Waals surface area contributed by atoms with Crippen LogP contribution < -0.4 is 0 Å². The number of cyclic esters (lactones) is 1. The zero-order valence-electron chi connectivity index (χ0n) is 17.2. The van der Waals surface area contributed by atoms with Crippen molar-refractivity contribution in [2.45, 2.75) is 64.4 Å². The number of benzene rings is 1. The van der Waals surface area contributed by atoms with Crippen LogP contribution in [-0.2, 0) is 19.9 Å². The predicted octanol–water partition coefficient (Wildman–Crippen LogP) is 5.44. The molecule has 2 aliphatic carbocycles. The molecule has 0 aromatic heterocycles. The van der Waals surface area contributed by atoms with Gasteiger partial charge in [0.15, 0.2) is 5.60 Å². The van der Waals surface area contributed by atoms with Gasteiger partial charge >= 0.3 is 11.9 Å². The van der Waals surface area contributed by atoms with Gasteiger partial charge in [0.25, 0.3) is 0 Å². The van der Waals surface area contributed by atoms with E-state index in [0.717, 1.165) is 56.3 Å². The lowest BCUT2D eigenvalue weighted by atomic mass is 9.33. The number of ether oxygens (including phenoxy) is 2. The monoisotopic (exact) mass is 392 g/mol. The summed E-state index contributed by atoms with van der Waals surface area (Å²) in [7, 11) is 0. The number of hydrogen-bond acceptors (Lipinski definition) is 4. The molecule has 1 spiro atoms. The molecule has 4 nitrogen and oxygen atoms in total. The van der Waals surface area contributed by atoms with Crippen molar-refractivity contribution in [2.75, 3.05) is 0 Å². The SMILES string of the molecule is CCCC=C1OC(=O)C23C=CCCCC12C1(OC(=O)c2ccccc21)C3CCC. The Morgan fingerprint density at radius 2 is 2.00 bits per heavy atom. The largest absolute Gasteiger partial charge is 0.449 e. The van der Waals surface area contributed by atoms with E-state index in [1.54, 1.807) is 0 Å². The van der Waals surface area contributed by atoms with Crippen LogP contribution in [0.25, 0.3) is 0 Å². The maximum absolute atomic E-state index is 13.5. The molecule has 4 heteroatoms. The molecule has 1 saturated carbocycles. The summed E-state index contributed by atoms with van der Waals surface area (Å²) in [6, 6.07) is 7.73. The number of esters is 2. The molecule has 29 heavy (non-hydrogen) atoms. The summed E-state index contributed by atoms with van der Waals surface area (Å²) in [5, 5.41) is 0. The van der Waals surface area contributed by atoms with Crippen molar-refractivity contribution in [1.82, 2.24) is 0 Å². The summed E-state index contributed by atoms with van der Waals surface area (Å²) in [4.78, 5) is 26.5. The lowest BCUT2D eigenvalue weighted by Crippen LogP contribution is -2.74. The van der Waals surface area contributed by atoms with Crippen LogP contribution in [0.3, 0.4) is 0 Å². The van der Waals surface area contributed by atoms with Crippen LogP contribution >= 0.6 is 0 Å². The Hall–Kier alpha value is -2.36. The molecule has 0 amide bonds. The first-order valence-electron chi connectivity index (χ1n) is 11.0. The first-order chi connectivity index (χ1) is 14.1. The third-order valence-electron chi connectivity index (χ3n) is 7.64. The van der Waals surface area contributed by atoms with Crippen molar-refractivity contribution >= 4 is 11.9 Å². The Balaban J connectivity index is 1.83. The van der Waals surface area contributed by atoms with Crippen molar-refractivity contribution in [1.29, 1.82) is 0 Å². The van der Waals surface area contributed by atoms with Gasteiger partial charge in [0.2, 0.25) is 0 Å². The molecule has 0 bridgehead atoms. The van der Waals surface area contributed by atoms with Crippen LogP contribution in [0.1, 0.15) is 74.7 Å². The van der Waals surface area contributed by atoms with E-state index >= 15 is 0 Å². The van der Waals surface area contributed by atoms with Gasteiger partial charge in [-0.05, 0) is 44.2 Å². The van der Waals surface area contributed by atoms with E-state index in [4.69, 9.17) is 9.47 Å². The van der Waals surface area contributed by atoms with Gasteiger partial charge in [-0.3, -0.25) is 4.79 Å². The second kappa shape index (κ2) is 6.32. The van der Waals surface area contributed by atoms with Gasteiger partial charge in [-0.25, -0.2) is 4.79 Å². The average molecular weight is 392 g/mol. The molecule has 5 rings (SSSR count). The molecule has 0 N–H and O–H groups in total. The molecule has 152 valence electrons. The first kappa shape index (κ1) is 18.7. The third-order valence-corrected chi connectivity index (χ3v) is 7.64. The standard InChI is InChI=1S/C25H28O4/c1-3-5-14-20-24-16-10-6-9-15-23(24,22(27)28-20)19(11-4-2)25(24)18-13-8-7-12-17(18)21(26)29-25/h7-9,12-15,19H,3-6,10-11,16H2,1-2H3. The number of allylic oxidation sites excluding steroid dienone is 2. The van der Waals surface area contributed by atoms with Crippen LogP contribution in [0.5, 0.6) is 0 Å². The van der Waals surface area contributed by atoms with Gasteiger partial charge in [-0.15, -0.1) is 0 Å². The zero-order valence-corrected chi connectivity index (χ0v) is 17.2. The molecule has 0 radical (unpaired) electrons. The molecule has 1 aromatic rings. The fourth-order valence-corrected chi connectivity index (χ4v) is 6.74. The lowest BCUT2D eigenvalue weighted by molar-refractivity contribution is -0.267. The molecule has 2 fully saturated rings. The number of carbonyl (C=O) groups excluding carboxylic acids is 2. The summed E-state index contributed by atoms with van der Waals surface area (Å²) in [6.07, 6.45) is 12.5. The Bertz CT molecular complexity index is 944. The summed E-state index contributed by atoms with van der Waals surface area (Å²) in [6.45, 7) is 4.24. The fraction of sp³-hybridized carbons (Fsp3) is 0.520. The third kappa shape index (κ3) is 1.91. The predicted molar refractivity (Wildman–Crippen MR) is 109 cm³/mol. The van der Waals surface area contributed by atoms with Crippen molar-refractivity contribution in [3.63, 3.8) is 0 Å². The van der Waals surface area contributed by atoms with E-state index in [9.17, 15) is 9.59 Å². The normalized spacial score (nSPS) is 38.1. The number of hydrogen-bond donors (Lipinski definition) is 0. The molecular formula is C25H28O4. The number of carbonyl (C=O) groups is 2. The Morgan fingerprint density at radius 1 is 1.17 bits per heavy atom. The van der Waals surface area contributed by atoms with Gasteiger partial charge < -0.3 is 9.47 Å². The van der Waals surface area contributed by atoms with Crippen LogP contribution in [0.4, 0.5) is 0 Å². The zero-order chi connectivity index (χ0) is 20.3. The number of unbranched alkanes of at least 4 members (excludes halogenated alkanes) is 1. The molecule has 4 unspecified atom stereocenters. The highest BCUT2D eigenvalue weighted by Crippen LogP contribution is 2.83. The van der Waals surface area contributed by atoms with Crippen LogP contribution in [-0.4, -0.2) is 11.9 Å². The minimum atomic E-state index is -0.822. The van der Waals surface area contributed by atoms with Crippen LogP contribution in [0.2, 0.25) is 0 Å². The van der Waals surface area contributed by atoms with Crippen molar-refractivity contribution in [2.24, 2.45) is 16.7 Å². The Labute approximate surface area is 172 Å². The van der Waals surface area contributed by atoms with E-state index in [-0.39, 0.29) is 17.9 Å². The van der Waals surface area contributed by atoms with Crippen LogP contribution in [0.15, 0.2) is 48.3 Å². The van der Waals surface area contributed by atoms with Gasteiger partial charge in [-0.1, -0.05) is 57.0 Å². The maximum Gasteiger partial charge on any atom is 0.339 e. The van der Waals surface area contributed by atoms with Crippen molar-refractivity contribution in [3.05, 3.63) is 59.4 Å². The molecule has 4 aliphatic rings. The van der Waals surface area contributed by atoms with E-state index in [2.05, 4.69) is 32.1 Å². The molecule has 2 heterocycles. The smallest absolute Gasteiger partial charge is 0.339 e. The van der Waals surface area contributed by atoms with Gasteiger partial charge in [0, 0.05) is 11.5 Å². The lowest BCUT2D eigenvalue weighted by Gasteiger charge is -2.67. The van der Waals surface area contributed by atoms with E-state index in [0.29, 0.717) is 5.56 Å². The molecular weight excluding hydrogens is 364 g/mol. The highest BCUT2D eigenvalue weighted by molar-refractivity contribution is 5.98. The summed E-state index contributed by atoms with van der Waals surface area (Å²) in [5.41, 5.74) is -0.621. The molecule has 1 saturated heterocycles. The molecule has 1 aromatic carbocycles. The quantitative estimate of drug-likeness (QED) is 0.506. The topological polar surface area (TPSA) is 52.6 Å². The Kier molecular flexibility index (Phi) is 4.06. The highest BCUT2D eigenvalue weighted by atomic mass is 16.6. The molecule has 2 aliphatic heterocycles. The van der Waals surface area contributed by atoms with E-state index < -0.39 is 16.4 Å². The van der Waals surface area contributed by atoms with Gasteiger partial charge in [-0.2, -0.15) is 0 Å². The second-order valence-corrected chi connectivity index (χ2v) is 8.83. The van der Waals surface area contributed by atoms with Crippen LogP contribution in [0, 0.1) is 16.7 Å². The minimum Gasteiger partial charge on any atom is -0.449 e. The fourth-order valence-electron chi connectivity index (χ4n) is 6.74. The highest BCUT2D eigenvalue weighted by Gasteiger charge is 2.90. The minimum absolute atomic E-state index is 0.109. The average Bonchev–Trinajstić information content (AvgIpc) is 3.05. The van der Waals surface area contributed by atoms with E-state index in [1.807, 2.05) is 24.3 Å². The Morgan fingerprint density at radius 3 is 2.79 bits per heavy atom. The number of rotatable bonds is 4. The first-order valence-corrected chi connectivity index (χ1v) is 11.0. The van der Waals surface area contributed by atoms with Crippen molar-refractivity contribution < 1.29 is 19.1 Å². The second-order valence-electron chi connectivity index (χ2n) is 8.83. The number of fused-ring (bicyclic) bond motifs is 2. The van der Waals surface area contributed by atoms with E-state index in [1.165, 1.54) is 0 Å². The summed E-state index contributed by atoms with van der Waals surface area (Å²) >= 11 is 0. The maximum atomic E-state index is 13.5. The summed E-state index contributed by atoms with van der Waals surface area (Å²) in [5.74, 6) is 0.185. The van der Waals surface area contributed by atoms with Gasteiger partial charge in [0.05, 0.1) is 11.0 Å². The molecule has 4 atom stereocenters. The summed E-state index contributed by atoms with van der Waals surface area (Å²) < 4.78 is 12.4. The van der Waals surface area contributed by atoms with Gasteiger partial charge in [0.1, 0.15) is 11.2 Å².